The Morgan fingerprint density at radius 3 is 2.79 bits per heavy atom. The summed E-state index contributed by atoms with van der Waals surface area (Å²) in [7, 11) is 0. The summed E-state index contributed by atoms with van der Waals surface area (Å²) in [5.41, 5.74) is 2.68. The number of anilines is 2. The summed E-state index contributed by atoms with van der Waals surface area (Å²) < 4.78 is 18.7. The van der Waals surface area contributed by atoms with Gasteiger partial charge in [0.1, 0.15) is 5.82 Å². The second kappa shape index (κ2) is 8.61. The lowest BCUT2D eigenvalue weighted by Gasteiger charge is -2.20. The zero-order valence-electron chi connectivity index (χ0n) is 16.0. The van der Waals surface area contributed by atoms with E-state index in [1.54, 1.807) is 4.90 Å². The Balaban J connectivity index is 1.57. The third kappa shape index (κ3) is 4.74. The van der Waals surface area contributed by atoms with Crippen molar-refractivity contribution in [1.29, 1.82) is 0 Å². The SMILES string of the molecule is Cc1cccc(N2C[C@H](C(=O)OCC(=O)Nc3cc(Cl)ccc3F)CC2=O)c1C. The topological polar surface area (TPSA) is 75.7 Å². The van der Waals surface area contributed by atoms with Crippen LogP contribution in [0.5, 0.6) is 0 Å². The fourth-order valence-electron chi connectivity index (χ4n) is 3.16. The van der Waals surface area contributed by atoms with Gasteiger partial charge in [0.2, 0.25) is 5.91 Å². The third-order valence-corrected chi connectivity index (χ3v) is 5.11. The van der Waals surface area contributed by atoms with E-state index in [0.29, 0.717) is 0 Å². The molecule has 0 saturated carbocycles. The predicted molar refractivity (Wildman–Crippen MR) is 107 cm³/mol. The summed E-state index contributed by atoms with van der Waals surface area (Å²) in [5, 5.41) is 2.56. The van der Waals surface area contributed by atoms with Gasteiger partial charge in [-0.2, -0.15) is 0 Å². The molecule has 29 heavy (non-hydrogen) atoms. The number of esters is 1. The standard InChI is InChI=1S/C21H20ClFN2O4/c1-12-4-3-5-18(13(12)2)25-10-14(8-20(25)27)21(28)29-11-19(26)24-17-9-15(22)6-7-16(17)23/h3-7,9,14H,8,10-11H2,1-2H3,(H,24,26)/t14-/m1/s1. The van der Waals surface area contributed by atoms with Crippen molar-refractivity contribution >= 4 is 40.8 Å². The number of nitrogens with zero attached hydrogens (tertiary/aromatic N) is 1. The van der Waals surface area contributed by atoms with E-state index < -0.39 is 30.2 Å². The molecule has 2 aromatic carbocycles. The van der Waals surface area contributed by atoms with Gasteiger partial charge in [0.05, 0.1) is 11.6 Å². The first kappa shape index (κ1) is 20.8. The van der Waals surface area contributed by atoms with Crippen molar-refractivity contribution in [3.8, 4) is 0 Å². The first-order valence-corrected chi connectivity index (χ1v) is 9.42. The van der Waals surface area contributed by atoms with Crippen LogP contribution in [0, 0.1) is 25.6 Å². The molecule has 1 N–H and O–H groups in total. The van der Waals surface area contributed by atoms with Gasteiger partial charge in [-0.1, -0.05) is 23.7 Å². The average molecular weight is 419 g/mol. The minimum atomic E-state index is -0.699. The summed E-state index contributed by atoms with van der Waals surface area (Å²) in [6, 6.07) is 9.37. The Bertz CT molecular complexity index is 979. The Kier molecular flexibility index (Phi) is 6.17. The van der Waals surface area contributed by atoms with Crippen LogP contribution in [-0.4, -0.2) is 30.9 Å². The van der Waals surface area contributed by atoms with Gasteiger partial charge in [-0.15, -0.1) is 0 Å². The maximum absolute atomic E-state index is 13.7. The molecule has 1 heterocycles. The van der Waals surface area contributed by atoms with Crippen molar-refractivity contribution in [2.75, 3.05) is 23.4 Å². The molecule has 1 saturated heterocycles. The number of aryl methyl sites for hydroxylation is 1. The fourth-order valence-corrected chi connectivity index (χ4v) is 3.33. The second-order valence-electron chi connectivity index (χ2n) is 6.90. The van der Waals surface area contributed by atoms with Gasteiger partial charge in [-0.05, 0) is 49.2 Å². The van der Waals surface area contributed by atoms with E-state index in [-0.39, 0.29) is 29.6 Å². The van der Waals surface area contributed by atoms with Crippen LogP contribution in [0.25, 0.3) is 0 Å². The van der Waals surface area contributed by atoms with Gasteiger partial charge < -0.3 is 15.0 Å². The number of ether oxygens (including phenoxy) is 1. The third-order valence-electron chi connectivity index (χ3n) is 4.87. The Morgan fingerprint density at radius 1 is 1.28 bits per heavy atom. The van der Waals surface area contributed by atoms with Crippen molar-refractivity contribution in [1.82, 2.24) is 0 Å². The van der Waals surface area contributed by atoms with Crippen molar-refractivity contribution < 1.29 is 23.5 Å². The molecule has 0 aliphatic carbocycles. The molecular formula is C21H20ClFN2O4. The molecule has 2 amide bonds. The number of carbonyl (C=O) groups excluding carboxylic acids is 3. The van der Waals surface area contributed by atoms with E-state index in [9.17, 15) is 18.8 Å². The second-order valence-corrected chi connectivity index (χ2v) is 7.34. The molecule has 0 aromatic heterocycles. The van der Waals surface area contributed by atoms with E-state index in [0.717, 1.165) is 22.9 Å². The van der Waals surface area contributed by atoms with E-state index in [1.807, 2.05) is 32.0 Å². The molecule has 8 heteroatoms. The van der Waals surface area contributed by atoms with Crippen molar-refractivity contribution in [2.24, 2.45) is 5.92 Å². The lowest BCUT2D eigenvalue weighted by atomic mass is 10.1. The molecule has 0 radical (unpaired) electrons. The summed E-state index contributed by atoms with van der Waals surface area (Å²) >= 11 is 5.77. The van der Waals surface area contributed by atoms with Crippen LogP contribution in [0.3, 0.4) is 0 Å². The Hall–Kier alpha value is -2.93. The van der Waals surface area contributed by atoms with Gasteiger partial charge in [-0.3, -0.25) is 14.4 Å². The number of rotatable bonds is 5. The maximum Gasteiger partial charge on any atom is 0.311 e. The van der Waals surface area contributed by atoms with Crippen LogP contribution in [-0.2, 0) is 19.1 Å². The first-order chi connectivity index (χ1) is 13.8. The quantitative estimate of drug-likeness (QED) is 0.752. The lowest BCUT2D eigenvalue weighted by Crippen LogP contribution is -2.28. The highest BCUT2D eigenvalue weighted by Gasteiger charge is 2.37. The maximum atomic E-state index is 13.7. The molecule has 152 valence electrons. The molecule has 1 aliphatic heterocycles. The normalized spacial score (nSPS) is 16.1. The van der Waals surface area contributed by atoms with Gasteiger partial charge in [0, 0.05) is 23.7 Å². The van der Waals surface area contributed by atoms with Gasteiger partial charge >= 0.3 is 5.97 Å². The highest BCUT2D eigenvalue weighted by molar-refractivity contribution is 6.30. The van der Waals surface area contributed by atoms with E-state index in [4.69, 9.17) is 16.3 Å². The highest BCUT2D eigenvalue weighted by Crippen LogP contribution is 2.30. The van der Waals surface area contributed by atoms with E-state index in [1.165, 1.54) is 12.1 Å². The Labute approximate surface area is 172 Å². The van der Waals surface area contributed by atoms with E-state index in [2.05, 4.69) is 5.32 Å². The van der Waals surface area contributed by atoms with Crippen molar-refractivity contribution in [3.05, 3.63) is 58.4 Å². The van der Waals surface area contributed by atoms with Gasteiger partial charge in [0.15, 0.2) is 6.61 Å². The molecule has 1 fully saturated rings. The van der Waals surface area contributed by atoms with Crippen LogP contribution < -0.4 is 10.2 Å². The van der Waals surface area contributed by atoms with Crippen LogP contribution in [0.4, 0.5) is 15.8 Å². The van der Waals surface area contributed by atoms with Crippen LogP contribution in [0.1, 0.15) is 17.5 Å². The molecule has 0 spiro atoms. The largest absolute Gasteiger partial charge is 0.455 e. The van der Waals surface area contributed by atoms with Crippen LogP contribution >= 0.6 is 11.6 Å². The number of benzene rings is 2. The highest BCUT2D eigenvalue weighted by atomic mass is 35.5. The lowest BCUT2D eigenvalue weighted by molar-refractivity contribution is -0.151. The minimum Gasteiger partial charge on any atom is -0.455 e. The number of halogens is 2. The van der Waals surface area contributed by atoms with Crippen molar-refractivity contribution in [2.45, 2.75) is 20.3 Å². The summed E-state index contributed by atoms with van der Waals surface area (Å²) in [6.07, 6.45) is 0.0107. The fraction of sp³-hybridized carbons (Fsp3) is 0.286. The molecule has 1 atom stereocenters. The molecule has 2 aromatic rings. The van der Waals surface area contributed by atoms with E-state index >= 15 is 0 Å². The summed E-state index contributed by atoms with van der Waals surface area (Å²) in [5.74, 6) is -2.84. The molecular weight excluding hydrogens is 399 g/mol. The summed E-state index contributed by atoms with van der Waals surface area (Å²) in [4.78, 5) is 38.2. The molecule has 0 unspecified atom stereocenters. The number of hydrogen-bond donors (Lipinski definition) is 1. The first-order valence-electron chi connectivity index (χ1n) is 9.04. The number of hydrogen-bond acceptors (Lipinski definition) is 4. The molecule has 3 rings (SSSR count). The monoisotopic (exact) mass is 418 g/mol. The van der Waals surface area contributed by atoms with Crippen LogP contribution in [0.15, 0.2) is 36.4 Å². The van der Waals surface area contributed by atoms with Crippen LogP contribution in [0.2, 0.25) is 5.02 Å². The zero-order chi connectivity index (χ0) is 21.1. The van der Waals surface area contributed by atoms with Gasteiger partial charge in [0.25, 0.3) is 5.91 Å². The zero-order valence-corrected chi connectivity index (χ0v) is 16.8. The smallest absolute Gasteiger partial charge is 0.311 e. The Morgan fingerprint density at radius 2 is 2.03 bits per heavy atom. The van der Waals surface area contributed by atoms with Crippen molar-refractivity contribution in [3.63, 3.8) is 0 Å². The molecule has 0 bridgehead atoms. The number of amides is 2. The predicted octanol–water partition coefficient (Wildman–Crippen LogP) is 3.63. The minimum absolute atomic E-state index is 0.0107. The van der Waals surface area contributed by atoms with Gasteiger partial charge in [-0.25, -0.2) is 4.39 Å². The molecule has 6 nitrogen and oxygen atoms in total. The number of nitrogens with one attached hydrogen (secondary N) is 1. The summed E-state index contributed by atoms with van der Waals surface area (Å²) in [6.45, 7) is 3.47. The number of carbonyl (C=O) groups is 3. The molecule has 1 aliphatic rings. The average Bonchev–Trinajstić information content (AvgIpc) is 3.06.